The van der Waals surface area contributed by atoms with Crippen molar-refractivity contribution < 1.29 is 9.59 Å². The van der Waals surface area contributed by atoms with E-state index in [4.69, 9.17) is 0 Å². The van der Waals surface area contributed by atoms with E-state index < -0.39 is 0 Å². The third kappa shape index (κ3) is 5.12. The van der Waals surface area contributed by atoms with Gasteiger partial charge in [-0.05, 0) is 36.8 Å². The Kier molecular flexibility index (Phi) is 5.95. The fraction of sp³-hybridized carbons (Fsp3) is 0.263. The van der Waals surface area contributed by atoms with E-state index in [1.807, 2.05) is 62.3 Å². The van der Waals surface area contributed by atoms with Crippen molar-refractivity contribution in [3.05, 3.63) is 65.2 Å². The SMILES string of the molecule is Cc1ccc(C(=O)NCC(=O)NCc2ccc(N(C)C)cc2)cc1. The average molecular weight is 325 g/mol. The smallest absolute Gasteiger partial charge is 0.251 e. The molecule has 0 aromatic heterocycles. The lowest BCUT2D eigenvalue weighted by molar-refractivity contribution is -0.120. The van der Waals surface area contributed by atoms with Gasteiger partial charge in [-0.3, -0.25) is 9.59 Å². The van der Waals surface area contributed by atoms with Crippen LogP contribution in [0.1, 0.15) is 21.5 Å². The molecule has 0 aliphatic carbocycles. The number of rotatable bonds is 6. The zero-order valence-corrected chi connectivity index (χ0v) is 14.3. The lowest BCUT2D eigenvalue weighted by Crippen LogP contribution is -2.36. The zero-order valence-electron chi connectivity index (χ0n) is 14.3. The number of anilines is 1. The van der Waals surface area contributed by atoms with Crippen LogP contribution in [0.3, 0.4) is 0 Å². The van der Waals surface area contributed by atoms with Crippen molar-refractivity contribution in [3.8, 4) is 0 Å². The number of carbonyl (C=O) groups is 2. The van der Waals surface area contributed by atoms with Crippen LogP contribution in [0.2, 0.25) is 0 Å². The van der Waals surface area contributed by atoms with E-state index in [9.17, 15) is 9.59 Å². The number of hydrogen-bond acceptors (Lipinski definition) is 3. The van der Waals surface area contributed by atoms with Gasteiger partial charge in [0.05, 0.1) is 6.54 Å². The van der Waals surface area contributed by atoms with Crippen LogP contribution in [0.4, 0.5) is 5.69 Å². The van der Waals surface area contributed by atoms with Gasteiger partial charge in [-0.15, -0.1) is 0 Å². The van der Waals surface area contributed by atoms with Crippen molar-refractivity contribution >= 4 is 17.5 Å². The van der Waals surface area contributed by atoms with Crippen molar-refractivity contribution in [1.82, 2.24) is 10.6 Å². The average Bonchev–Trinajstić information content (AvgIpc) is 2.58. The maximum atomic E-state index is 11.9. The van der Waals surface area contributed by atoms with Gasteiger partial charge in [0.1, 0.15) is 0 Å². The van der Waals surface area contributed by atoms with Gasteiger partial charge in [0, 0.05) is 31.9 Å². The molecule has 0 atom stereocenters. The lowest BCUT2D eigenvalue weighted by atomic mass is 10.1. The van der Waals surface area contributed by atoms with Gasteiger partial charge < -0.3 is 15.5 Å². The predicted octanol–water partition coefficient (Wildman–Crippen LogP) is 2.11. The van der Waals surface area contributed by atoms with Crippen LogP contribution in [-0.4, -0.2) is 32.5 Å². The molecule has 126 valence electrons. The molecule has 5 nitrogen and oxygen atoms in total. The Morgan fingerprint density at radius 2 is 1.54 bits per heavy atom. The van der Waals surface area contributed by atoms with Gasteiger partial charge in [-0.1, -0.05) is 29.8 Å². The Hall–Kier alpha value is -2.82. The second-order valence-electron chi connectivity index (χ2n) is 5.89. The molecular formula is C19H23N3O2. The van der Waals surface area contributed by atoms with Gasteiger partial charge in [-0.2, -0.15) is 0 Å². The summed E-state index contributed by atoms with van der Waals surface area (Å²) >= 11 is 0. The summed E-state index contributed by atoms with van der Waals surface area (Å²) in [5, 5.41) is 5.42. The monoisotopic (exact) mass is 325 g/mol. The highest BCUT2D eigenvalue weighted by Gasteiger charge is 2.07. The molecule has 0 bridgehead atoms. The minimum absolute atomic E-state index is 0.0392. The third-order valence-electron chi connectivity index (χ3n) is 3.67. The molecule has 0 spiro atoms. The molecule has 24 heavy (non-hydrogen) atoms. The van der Waals surface area contributed by atoms with Crippen LogP contribution in [0.15, 0.2) is 48.5 Å². The molecule has 2 N–H and O–H groups in total. The minimum Gasteiger partial charge on any atom is -0.378 e. The Morgan fingerprint density at radius 3 is 2.12 bits per heavy atom. The largest absolute Gasteiger partial charge is 0.378 e. The van der Waals surface area contributed by atoms with Crippen LogP contribution in [-0.2, 0) is 11.3 Å². The summed E-state index contributed by atoms with van der Waals surface area (Å²) in [6.45, 7) is 2.36. The third-order valence-corrected chi connectivity index (χ3v) is 3.67. The molecular weight excluding hydrogens is 302 g/mol. The molecule has 0 saturated carbocycles. The summed E-state index contributed by atoms with van der Waals surface area (Å²) in [4.78, 5) is 25.8. The molecule has 0 heterocycles. The molecule has 0 aliphatic rings. The summed E-state index contributed by atoms with van der Waals surface area (Å²) in [6.07, 6.45) is 0. The van der Waals surface area contributed by atoms with E-state index in [-0.39, 0.29) is 18.4 Å². The molecule has 2 amide bonds. The Labute approximate surface area is 142 Å². The molecule has 0 fully saturated rings. The second kappa shape index (κ2) is 8.15. The number of hydrogen-bond donors (Lipinski definition) is 2. The van der Waals surface area contributed by atoms with Crippen molar-refractivity contribution in [2.75, 3.05) is 25.5 Å². The fourth-order valence-electron chi connectivity index (χ4n) is 2.14. The number of carbonyl (C=O) groups excluding carboxylic acids is 2. The molecule has 0 unspecified atom stereocenters. The van der Waals surface area contributed by atoms with Crippen LogP contribution >= 0.6 is 0 Å². The molecule has 2 aromatic rings. The number of aryl methyl sites for hydroxylation is 1. The van der Waals surface area contributed by atoms with E-state index in [1.165, 1.54) is 0 Å². The van der Waals surface area contributed by atoms with Crippen molar-refractivity contribution in [1.29, 1.82) is 0 Å². The maximum absolute atomic E-state index is 11.9. The first kappa shape index (κ1) is 17.5. The maximum Gasteiger partial charge on any atom is 0.251 e. The summed E-state index contributed by atoms with van der Waals surface area (Å²) < 4.78 is 0. The molecule has 2 rings (SSSR count). The van der Waals surface area contributed by atoms with Crippen molar-refractivity contribution in [2.24, 2.45) is 0 Å². The fourth-order valence-corrected chi connectivity index (χ4v) is 2.14. The Morgan fingerprint density at radius 1 is 0.917 bits per heavy atom. The summed E-state index contributed by atoms with van der Waals surface area (Å²) in [6, 6.07) is 15.2. The lowest BCUT2D eigenvalue weighted by Gasteiger charge is -2.13. The first-order chi connectivity index (χ1) is 11.5. The Balaban J connectivity index is 1.77. The van der Waals surface area contributed by atoms with Crippen molar-refractivity contribution in [3.63, 3.8) is 0 Å². The quantitative estimate of drug-likeness (QED) is 0.855. The van der Waals surface area contributed by atoms with E-state index >= 15 is 0 Å². The summed E-state index contributed by atoms with van der Waals surface area (Å²) in [7, 11) is 3.96. The molecule has 0 aliphatic heterocycles. The van der Waals surface area contributed by atoms with E-state index in [0.717, 1.165) is 16.8 Å². The van der Waals surface area contributed by atoms with Gasteiger partial charge in [0.15, 0.2) is 0 Å². The topological polar surface area (TPSA) is 61.4 Å². The highest BCUT2D eigenvalue weighted by molar-refractivity contribution is 5.96. The first-order valence-electron chi connectivity index (χ1n) is 7.83. The zero-order chi connectivity index (χ0) is 17.5. The van der Waals surface area contributed by atoms with Crippen LogP contribution < -0.4 is 15.5 Å². The number of nitrogens with one attached hydrogen (secondary N) is 2. The molecule has 5 heteroatoms. The normalized spacial score (nSPS) is 10.1. The molecule has 0 saturated heterocycles. The number of nitrogens with zero attached hydrogens (tertiary/aromatic N) is 1. The second-order valence-corrected chi connectivity index (χ2v) is 5.89. The van der Waals surface area contributed by atoms with E-state index in [2.05, 4.69) is 10.6 Å². The van der Waals surface area contributed by atoms with Gasteiger partial charge in [0.25, 0.3) is 5.91 Å². The van der Waals surface area contributed by atoms with Crippen LogP contribution in [0.5, 0.6) is 0 Å². The van der Waals surface area contributed by atoms with E-state index in [1.54, 1.807) is 12.1 Å². The van der Waals surface area contributed by atoms with Crippen molar-refractivity contribution in [2.45, 2.75) is 13.5 Å². The van der Waals surface area contributed by atoms with Crippen LogP contribution in [0, 0.1) is 6.92 Å². The van der Waals surface area contributed by atoms with Gasteiger partial charge >= 0.3 is 0 Å². The number of amides is 2. The first-order valence-corrected chi connectivity index (χ1v) is 7.83. The highest BCUT2D eigenvalue weighted by Crippen LogP contribution is 2.11. The highest BCUT2D eigenvalue weighted by atomic mass is 16.2. The summed E-state index contributed by atoms with van der Waals surface area (Å²) in [5.41, 5.74) is 3.76. The summed E-state index contributed by atoms with van der Waals surface area (Å²) in [5.74, 6) is -0.465. The Bertz CT molecular complexity index is 692. The molecule has 2 aromatic carbocycles. The van der Waals surface area contributed by atoms with Gasteiger partial charge in [-0.25, -0.2) is 0 Å². The van der Waals surface area contributed by atoms with E-state index in [0.29, 0.717) is 12.1 Å². The van der Waals surface area contributed by atoms with Gasteiger partial charge in [0.2, 0.25) is 5.91 Å². The predicted molar refractivity (Wildman–Crippen MR) is 96.1 cm³/mol. The minimum atomic E-state index is -0.250. The van der Waals surface area contributed by atoms with Crippen LogP contribution in [0.25, 0.3) is 0 Å². The number of benzene rings is 2. The standard InChI is InChI=1S/C19H23N3O2/c1-14-4-8-16(9-5-14)19(24)21-13-18(23)20-12-15-6-10-17(11-7-15)22(2)3/h4-11H,12-13H2,1-3H3,(H,20,23)(H,21,24). The molecule has 0 radical (unpaired) electrons.